The fraction of sp³-hybridized carbons (Fsp3) is 0.312. The highest BCUT2D eigenvalue weighted by atomic mass is 32.1. The number of carbonyl (C=O) groups is 3. The van der Waals surface area contributed by atoms with Crippen LogP contribution in [-0.2, 0) is 9.53 Å². The lowest BCUT2D eigenvalue weighted by molar-refractivity contribution is -0.126. The number of halogens is 1. The fourth-order valence-corrected chi connectivity index (χ4v) is 3.95. The number of hydrogen-bond donors (Lipinski definition) is 0. The van der Waals surface area contributed by atoms with E-state index in [0.29, 0.717) is 23.4 Å². The third kappa shape index (κ3) is 2.52. The molecule has 0 spiro atoms. The van der Waals surface area contributed by atoms with E-state index < -0.39 is 6.09 Å². The van der Waals surface area contributed by atoms with Crippen molar-refractivity contribution in [1.29, 1.82) is 0 Å². The first-order valence-corrected chi connectivity index (χ1v) is 8.28. The summed E-state index contributed by atoms with van der Waals surface area (Å²) in [6.07, 6.45) is -0.615. The molecule has 2 saturated heterocycles. The number of fused-ring (bicyclic) bond motifs is 1. The fourth-order valence-electron chi connectivity index (χ4n) is 2.94. The van der Waals surface area contributed by atoms with Crippen molar-refractivity contribution < 1.29 is 23.5 Å². The summed E-state index contributed by atoms with van der Waals surface area (Å²) in [5, 5.41) is 0.714. The van der Waals surface area contributed by atoms with Crippen LogP contribution in [-0.4, -0.2) is 53.9 Å². The average Bonchev–Trinajstić information content (AvgIpc) is 3.06. The molecule has 1 aromatic heterocycles. The zero-order valence-corrected chi connectivity index (χ0v) is 13.3. The van der Waals surface area contributed by atoms with Crippen LogP contribution in [0.25, 0.3) is 10.1 Å². The Balaban J connectivity index is 1.40. The number of hydrogen-bond acceptors (Lipinski definition) is 5. The first-order chi connectivity index (χ1) is 11.5. The molecule has 0 unspecified atom stereocenters. The van der Waals surface area contributed by atoms with Crippen LogP contribution in [0.4, 0.5) is 9.18 Å². The van der Waals surface area contributed by atoms with Gasteiger partial charge in [0.1, 0.15) is 5.82 Å². The van der Waals surface area contributed by atoms with Crippen LogP contribution < -0.4 is 0 Å². The van der Waals surface area contributed by atoms with E-state index in [-0.39, 0.29) is 36.7 Å². The Bertz CT molecular complexity index is 843. The molecule has 0 bridgehead atoms. The van der Waals surface area contributed by atoms with E-state index >= 15 is 0 Å². The molecule has 0 atom stereocenters. The van der Waals surface area contributed by atoms with Gasteiger partial charge in [0, 0.05) is 30.3 Å². The lowest BCUT2D eigenvalue weighted by Crippen LogP contribution is -2.54. The van der Waals surface area contributed by atoms with Crippen molar-refractivity contribution in [2.45, 2.75) is 0 Å². The minimum absolute atomic E-state index is 0.0652. The summed E-state index contributed by atoms with van der Waals surface area (Å²) in [5.41, 5.74) is 0. The Morgan fingerprint density at radius 2 is 2.08 bits per heavy atom. The number of likely N-dealkylation sites (tertiary alicyclic amines) is 1. The minimum Gasteiger partial charge on any atom is -0.439 e. The molecule has 8 heteroatoms. The monoisotopic (exact) mass is 348 g/mol. The van der Waals surface area contributed by atoms with Gasteiger partial charge in [-0.15, -0.1) is 11.3 Å². The lowest BCUT2D eigenvalue weighted by atomic mass is 9.99. The van der Waals surface area contributed by atoms with Crippen LogP contribution in [0, 0.1) is 11.7 Å². The second-order valence-corrected chi connectivity index (χ2v) is 7.01. The van der Waals surface area contributed by atoms with Crippen LogP contribution in [0.3, 0.4) is 0 Å². The molecular weight excluding hydrogens is 335 g/mol. The maximum absolute atomic E-state index is 13.2. The average molecular weight is 348 g/mol. The molecule has 3 heterocycles. The zero-order valence-electron chi connectivity index (χ0n) is 12.5. The van der Waals surface area contributed by atoms with Crippen molar-refractivity contribution in [3.8, 4) is 0 Å². The first-order valence-electron chi connectivity index (χ1n) is 7.47. The van der Waals surface area contributed by atoms with E-state index in [0.717, 1.165) is 9.60 Å². The SMILES string of the molecule is O=C(c1cc2cc(F)ccc2s1)N1CC(CN2C(=O)COC2=O)C1. The smallest absolute Gasteiger partial charge is 0.417 e. The van der Waals surface area contributed by atoms with Gasteiger partial charge in [-0.25, -0.2) is 14.1 Å². The van der Waals surface area contributed by atoms with Gasteiger partial charge in [-0.3, -0.25) is 9.59 Å². The van der Waals surface area contributed by atoms with Gasteiger partial charge >= 0.3 is 6.09 Å². The summed E-state index contributed by atoms with van der Waals surface area (Å²) in [5.74, 6) is -0.708. The van der Waals surface area contributed by atoms with Gasteiger partial charge in [-0.05, 0) is 29.7 Å². The number of rotatable bonds is 3. The second kappa shape index (κ2) is 5.55. The molecule has 4 rings (SSSR count). The Hall–Kier alpha value is -2.48. The number of thiophene rings is 1. The highest BCUT2D eigenvalue weighted by molar-refractivity contribution is 7.20. The van der Waals surface area contributed by atoms with Crippen molar-refractivity contribution in [2.24, 2.45) is 5.92 Å². The molecule has 2 aliphatic rings. The molecule has 2 aromatic rings. The van der Waals surface area contributed by atoms with Crippen LogP contribution in [0.2, 0.25) is 0 Å². The summed E-state index contributed by atoms with van der Waals surface area (Å²) < 4.78 is 18.8. The zero-order chi connectivity index (χ0) is 16.8. The molecule has 6 nitrogen and oxygen atoms in total. The molecule has 3 amide bonds. The molecule has 2 aliphatic heterocycles. The van der Waals surface area contributed by atoms with Crippen LogP contribution in [0.1, 0.15) is 9.67 Å². The standard InChI is InChI=1S/C16H13FN2O4S/c17-11-1-2-12-10(3-11)4-13(24-12)15(21)18-5-9(6-18)7-19-14(20)8-23-16(19)22/h1-4,9H,5-8H2. The van der Waals surface area contributed by atoms with E-state index in [1.807, 2.05) is 0 Å². The summed E-state index contributed by atoms with van der Waals surface area (Å²) in [7, 11) is 0. The highest BCUT2D eigenvalue weighted by Crippen LogP contribution is 2.29. The van der Waals surface area contributed by atoms with Gasteiger partial charge < -0.3 is 9.64 Å². The van der Waals surface area contributed by atoms with Gasteiger partial charge in [0.2, 0.25) is 0 Å². The van der Waals surface area contributed by atoms with Gasteiger partial charge in [0.05, 0.1) is 4.88 Å². The van der Waals surface area contributed by atoms with Gasteiger partial charge in [0.25, 0.3) is 11.8 Å². The summed E-state index contributed by atoms with van der Waals surface area (Å²) >= 11 is 1.33. The number of benzene rings is 1. The molecule has 0 N–H and O–H groups in total. The van der Waals surface area contributed by atoms with Crippen LogP contribution in [0.5, 0.6) is 0 Å². The Labute approximate surface area is 140 Å². The Kier molecular flexibility index (Phi) is 3.49. The second-order valence-electron chi connectivity index (χ2n) is 5.93. The molecule has 0 saturated carbocycles. The van der Waals surface area contributed by atoms with E-state index in [1.165, 1.54) is 23.5 Å². The topological polar surface area (TPSA) is 66.9 Å². The number of imide groups is 1. The highest BCUT2D eigenvalue weighted by Gasteiger charge is 2.38. The molecule has 124 valence electrons. The maximum atomic E-state index is 13.2. The quantitative estimate of drug-likeness (QED) is 0.852. The normalized spacial score (nSPS) is 18.2. The molecule has 0 aliphatic carbocycles. The number of amides is 3. The Morgan fingerprint density at radius 3 is 2.79 bits per heavy atom. The van der Waals surface area contributed by atoms with Gasteiger partial charge in [0.15, 0.2) is 6.61 Å². The van der Waals surface area contributed by atoms with Crippen molar-refractivity contribution in [3.05, 3.63) is 35.0 Å². The number of cyclic esters (lactones) is 1. The van der Waals surface area contributed by atoms with E-state index in [2.05, 4.69) is 4.74 Å². The minimum atomic E-state index is -0.615. The Morgan fingerprint density at radius 1 is 1.29 bits per heavy atom. The van der Waals surface area contributed by atoms with Crippen molar-refractivity contribution in [3.63, 3.8) is 0 Å². The molecule has 2 fully saturated rings. The molecular formula is C16H13FN2O4S. The molecule has 1 aromatic carbocycles. The summed E-state index contributed by atoms with van der Waals surface area (Å²) in [6.45, 7) is 1.04. The van der Waals surface area contributed by atoms with Crippen molar-refractivity contribution in [2.75, 3.05) is 26.2 Å². The lowest BCUT2D eigenvalue weighted by Gasteiger charge is -2.39. The number of ether oxygens (including phenoxy) is 1. The molecule has 0 radical (unpaired) electrons. The van der Waals surface area contributed by atoms with Crippen LogP contribution in [0.15, 0.2) is 24.3 Å². The number of carbonyl (C=O) groups excluding carboxylic acids is 3. The predicted molar refractivity (Wildman–Crippen MR) is 84.2 cm³/mol. The van der Waals surface area contributed by atoms with E-state index in [4.69, 9.17) is 0 Å². The molecule has 24 heavy (non-hydrogen) atoms. The summed E-state index contributed by atoms with van der Waals surface area (Å²) in [4.78, 5) is 38.7. The van der Waals surface area contributed by atoms with Crippen LogP contribution >= 0.6 is 11.3 Å². The third-order valence-corrected chi connectivity index (χ3v) is 5.32. The summed E-state index contributed by atoms with van der Waals surface area (Å²) in [6, 6.07) is 6.14. The first kappa shape index (κ1) is 15.1. The van der Waals surface area contributed by atoms with Crippen molar-refractivity contribution in [1.82, 2.24) is 9.80 Å². The third-order valence-electron chi connectivity index (χ3n) is 4.21. The number of nitrogens with zero attached hydrogens (tertiary/aromatic N) is 2. The van der Waals surface area contributed by atoms with Gasteiger partial charge in [-0.1, -0.05) is 0 Å². The van der Waals surface area contributed by atoms with Gasteiger partial charge in [-0.2, -0.15) is 0 Å². The maximum Gasteiger partial charge on any atom is 0.417 e. The van der Waals surface area contributed by atoms with Crippen molar-refractivity contribution >= 4 is 39.3 Å². The predicted octanol–water partition coefficient (Wildman–Crippen LogP) is 2.09. The largest absolute Gasteiger partial charge is 0.439 e. The van der Waals surface area contributed by atoms with E-state index in [1.54, 1.807) is 17.0 Å². The van der Waals surface area contributed by atoms with E-state index in [9.17, 15) is 18.8 Å².